The van der Waals surface area contributed by atoms with Crippen molar-refractivity contribution in [2.24, 2.45) is 0 Å². The highest BCUT2D eigenvalue weighted by atomic mass is 35.5. The molecule has 0 saturated heterocycles. The number of rotatable bonds is 1. The average molecular weight is 287 g/mol. The summed E-state index contributed by atoms with van der Waals surface area (Å²) >= 11 is 5.44. The van der Waals surface area contributed by atoms with Gasteiger partial charge in [-0.1, -0.05) is 29.5 Å². The van der Waals surface area contributed by atoms with Crippen molar-refractivity contribution in [1.82, 2.24) is 0 Å². The molecule has 98 valence electrons. The smallest absolute Gasteiger partial charge is 0.166 e. The van der Waals surface area contributed by atoms with Crippen LogP contribution in [0.1, 0.15) is 11.1 Å². The van der Waals surface area contributed by atoms with Crippen LogP contribution in [0.15, 0.2) is 36.1 Å². The van der Waals surface area contributed by atoms with Crippen molar-refractivity contribution in [1.29, 1.82) is 0 Å². The van der Waals surface area contributed by atoms with Crippen LogP contribution in [0.3, 0.4) is 0 Å². The van der Waals surface area contributed by atoms with Gasteiger partial charge in [-0.2, -0.15) is 26.3 Å². The highest BCUT2D eigenvalue weighted by Gasteiger charge is 2.30. The minimum atomic E-state index is -4.62. The molecule has 0 aromatic heterocycles. The van der Waals surface area contributed by atoms with E-state index < -0.39 is 22.9 Å². The second-order valence-corrected chi connectivity index (χ2v) is 3.60. The number of benzene rings is 1. The fourth-order valence-electron chi connectivity index (χ4n) is 1.06. The van der Waals surface area contributed by atoms with Gasteiger partial charge in [0.25, 0.3) is 0 Å². The molecule has 0 bridgehead atoms. The van der Waals surface area contributed by atoms with Gasteiger partial charge in [0.1, 0.15) is 0 Å². The lowest BCUT2D eigenvalue weighted by Crippen LogP contribution is -2.04. The lowest BCUT2D eigenvalue weighted by Gasteiger charge is -2.07. The number of hydrogen-bond acceptors (Lipinski definition) is 0. The van der Waals surface area contributed by atoms with Crippen LogP contribution in [0.25, 0.3) is 5.03 Å². The molecule has 0 spiro atoms. The summed E-state index contributed by atoms with van der Waals surface area (Å²) in [4.78, 5) is 0. The lowest BCUT2D eigenvalue weighted by atomic mass is 10.1. The maximum absolute atomic E-state index is 12.3. The van der Waals surface area contributed by atoms with Crippen molar-refractivity contribution in [3.8, 4) is 0 Å². The van der Waals surface area contributed by atoms with Gasteiger partial charge in [0, 0.05) is 5.56 Å². The zero-order chi connectivity index (χ0) is 14.0. The van der Waals surface area contributed by atoms with Crippen molar-refractivity contribution < 1.29 is 26.3 Å². The third-order valence-electron chi connectivity index (χ3n) is 1.81. The van der Waals surface area contributed by atoms with Gasteiger partial charge in [-0.05, 0) is 12.1 Å². The molecular formula is C11H5ClF6. The Hall–Kier alpha value is -1.39. The predicted molar refractivity (Wildman–Crippen MR) is 54.8 cm³/mol. The third-order valence-corrected chi connectivity index (χ3v) is 2.13. The average Bonchev–Trinajstić information content (AvgIpc) is 2.24. The van der Waals surface area contributed by atoms with E-state index in [0.717, 1.165) is 18.2 Å². The van der Waals surface area contributed by atoms with E-state index in [1.807, 2.05) is 0 Å². The summed E-state index contributed by atoms with van der Waals surface area (Å²) in [7, 11) is 0. The Morgan fingerprint density at radius 3 is 2.22 bits per heavy atom. The Bertz CT molecular complexity index is 491. The molecule has 0 N–H and O–H groups in total. The first-order valence-corrected chi connectivity index (χ1v) is 4.85. The Labute approximate surface area is 103 Å². The molecule has 0 aliphatic carbocycles. The molecule has 1 rings (SSSR count). The van der Waals surface area contributed by atoms with Crippen LogP contribution in [0.2, 0.25) is 0 Å². The Morgan fingerprint density at radius 1 is 1.11 bits per heavy atom. The summed E-state index contributed by atoms with van der Waals surface area (Å²) in [6.45, 7) is 0. The van der Waals surface area contributed by atoms with Gasteiger partial charge < -0.3 is 0 Å². The number of alkyl halides is 6. The quantitative estimate of drug-likeness (QED) is 0.503. The molecule has 0 nitrogen and oxygen atoms in total. The zero-order valence-electron chi connectivity index (χ0n) is 8.53. The van der Waals surface area contributed by atoms with Gasteiger partial charge in [-0.15, -0.1) is 0 Å². The van der Waals surface area contributed by atoms with E-state index in [9.17, 15) is 26.3 Å². The minimum absolute atomic E-state index is 0.188. The van der Waals surface area contributed by atoms with Crippen molar-refractivity contribution in [3.05, 3.63) is 47.2 Å². The summed E-state index contributed by atoms with van der Waals surface area (Å²) in [5.41, 5.74) is 0.501. The normalized spacial score (nSPS) is 11.9. The van der Waals surface area contributed by atoms with E-state index in [1.54, 1.807) is 5.73 Å². The first-order chi connectivity index (χ1) is 8.09. The van der Waals surface area contributed by atoms with E-state index in [2.05, 4.69) is 0 Å². The fraction of sp³-hybridized carbons (Fsp3) is 0.182. The number of hydrogen-bond donors (Lipinski definition) is 0. The van der Waals surface area contributed by atoms with Crippen molar-refractivity contribution in [3.63, 3.8) is 0 Å². The van der Waals surface area contributed by atoms with Crippen LogP contribution in [0, 0.1) is 0 Å². The maximum atomic E-state index is 12.3. The van der Waals surface area contributed by atoms with Gasteiger partial charge in [-0.25, -0.2) is 0 Å². The minimum Gasteiger partial charge on any atom is -0.166 e. The zero-order valence-corrected chi connectivity index (χ0v) is 9.29. The highest BCUT2D eigenvalue weighted by Crippen LogP contribution is 2.31. The topological polar surface area (TPSA) is 0 Å². The summed E-state index contributed by atoms with van der Waals surface area (Å²) in [5, 5.41) is -0.543. The van der Waals surface area contributed by atoms with E-state index in [-0.39, 0.29) is 11.6 Å². The summed E-state index contributed by atoms with van der Waals surface area (Å²) in [5.74, 6) is 0. The molecule has 1 aromatic rings. The van der Waals surface area contributed by atoms with Crippen LogP contribution < -0.4 is 0 Å². The maximum Gasteiger partial charge on any atom is 0.416 e. The molecule has 0 aliphatic rings. The van der Waals surface area contributed by atoms with E-state index in [1.165, 1.54) is 0 Å². The van der Waals surface area contributed by atoms with Crippen molar-refractivity contribution in [2.75, 3.05) is 0 Å². The van der Waals surface area contributed by atoms with Gasteiger partial charge in [0.2, 0.25) is 0 Å². The van der Waals surface area contributed by atoms with Crippen molar-refractivity contribution >= 4 is 16.6 Å². The summed E-state index contributed by atoms with van der Waals surface area (Å²) in [6, 6.07) is 3.66. The van der Waals surface area contributed by atoms with Crippen LogP contribution in [-0.2, 0) is 6.18 Å². The second-order valence-electron chi connectivity index (χ2n) is 3.22. The molecule has 0 heterocycles. The molecule has 18 heavy (non-hydrogen) atoms. The highest BCUT2D eigenvalue weighted by molar-refractivity contribution is 6.48. The standard InChI is InChI=1S/C11H5ClF6/c12-9(4-5-10(13,14)15)7-2-1-3-8(6-7)11(16,17)18/h1-3,5-6H. The lowest BCUT2D eigenvalue weighted by molar-refractivity contribution is -0.137. The van der Waals surface area contributed by atoms with E-state index >= 15 is 0 Å². The number of halogens is 7. The molecule has 0 aliphatic heterocycles. The van der Waals surface area contributed by atoms with E-state index in [0.29, 0.717) is 6.07 Å². The first-order valence-electron chi connectivity index (χ1n) is 4.47. The van der Waals surface area contributed by atoms with E-state index in [4.69, 9.17) is 11.6 Å². The molecule has 0 unspecified atom stereocenters. The molecule has 0 atom stereocenters. The molecule has 0 fully saturated rings. The second kappa shape index (κ2) is 5.08. The molecular weight excluding hydrogens is 282 g/mol. The molecule has 0 radical (unpaired) electrons. The van der Waals surface area contributed by atoms with Gasteiger partial charge in [0.15, 0.2) is 0 Å². The molecule has 0 amide bonds. The monoisotopic (exact) mass is 286 g/mol. The Balaban J connectivity index is 3.16. The molecule has 7 heteroatoms. The third kappa shape index (κ3) is 4.47. The van der Waals surface area contributed by atoms with Gasteiger partial charge >= 0.3 is 12.4 Å². The summed E-state index contributed by atoms with van der Waals surface area (Å²) in [6.07, 6.45) is -9.47. The summed E-state index contributed by atoms with van der Waals surface area (Å²) < 4.78 is 72.5. The van der Waals surface area contributed by atoms with Crippen LogP contribution >= 0.6 is 11.6 Å². The molecule has 1 aromatic carbocycles. The number of allylic oxidation sites excluding steroid dienone is 1. The van der Waals surface area contributed by atoms with Gasteiger partial charge in [0.05, 0.1) is 16.7 Å². The SMILES string of the molecule is FC(F)(F)C=C=C(Cl)c1cccc(C(F)(F)F)c1. The van der Waals surface area contributed by atoms with Crippen molar-refractivity contribution in [2.45, 2.75) is 12.4 Å². The molecule has 0 saturated carbocycles. The van der Waals surface area contributed by atoms with Crippen LogP contribution in [-0.4, -0.2) is 6.18 Å². The van der Waals surface area contributed by atoms with Crippen LogP contribution in [0.4, 0.5) is 26.3 Å². The largest absolute Gasteiger partial charge is 0.416 e. The Kier molecular flexibility index (Phi) is 4.14. The van der Waals surface area contributed by atoms with Gasteiger partial charge in [-0.3, -0.25) is 0 Å². The fourth-order valence-corrected chi connectivity index (χ4v) is 1.23. The van der Waals surface area contributed by atoms with Crippen LogP contribution in [0.5, 0.6) is 0 Å². The Morgan fingerprint density at radius 2 is 1.72 bits per heavy atom. The predicted octanol–water partition coefficient (Wildman–Crippen LogP) is 5.00. The first kappa shape index (κ1) is 14.7.